The molecule has 21 heavy (non-hydrogen) atoms. The van der Waals surface area contributed by atoms with Gasteiger partial charge in [0.1, 0.15) is 0 Å². The van der Waals surface area contributed by atoms with Crippen LogP contribution in [-0.2, 0) is 4.79 Å². The Morgan fingerprint density at radius 1 is 1.33 bits per heavy atom. The summed E-state index contributed by atoms with van der Waals surface area (Å²) in [5.74, 6) is 2.94. The van der Waals surface area contributed by atoms with Crippen molar-refractivity contribution >= 4 is 12.0 Å². The van der Waals surface area contributed by atoms with Gasteiger partial charge in [-0.3, -0.25) is 0 Å². The molecule has 0 aliphatic heterocycles. The van der Waals surface area contributed by atoms with E-state index in [1.54, 1.807) is 12.1 Å². The molecule has 0 bridgehead atoms. The molecule has 0 atom stereocenters. The zero-order chi connectivity index (χ0) is 15.7. The molecule has 1 aromatic carbocycles. The predicted molar refractivity (Wildman–Crippen MR) is 79.8 cm³/mol. The van der Waals surface area contributed by atoms with E-state index in [4.69, 9.17) is 25.7 Å². The van der Waals surface area contributed by atoms with Gasteiger partial charge in [0.25, 0.3) is 0 Å². The minimum atomic E-state index is -1.03. The van der Waals surface area contributed by atoms with Crippen LogP contribution in [0.15, 0.2) is 18.2 Å². The maximum atomic E-state index is 10.6. The lowest BCUT2D eigenvalue weighted by Crippen LogP contribution is -2.02. The first-order valence-corrected chi connectivity index (χ1v) is 6.35. The van der Waals surface area contributed by atoms with E-state index in [0.29, 0.717) is 35.8 Å². The first kappa shape index (κ1) is 16.4. The van der Waals surface area contributed by atoms with Crippen molar-refractivity contribution < 1.29 is 24.1 Å². The molecule has 0 fully saturated rings. The third-order valence-corrected chi connectivity index (χ3v) is 2.61. The number of rotatable bonds is 8. The van der Waals surface area contributed by atoms with Crippen LogP contribution < -0.4 is 14.2 Å². The van der Waals surface area contributed by atoms with Crippen LogP contribution >= 0.6 is 0 Å². The molecule has 0 spiro atoms. The third-order valence-electron chi connectivity index (χ3n) is 2.61. The van der Waals surface area contributed by atoms with Gasteiger partial charge >= 0.3 is 5.97 Å². The maximum absolute atomic E-state index is 10.6. The number of carboxylic acids is 1. The number of ether oxygens (including phenoxy) is 3. The Labute approximate surface area is 124 Å². The van der Waals surface area contributed by atoms with Crippen molar-refractivity contribution in [3.63, 3.8) is 0 Å². The van der Waals surface area contributed by atoms with Crippen LogP contribution in [-0.4, -0.2) is 31.9 Å². The monoisotopic (exact) mass is 290 g/mol. The molecule has 5 heteroatoms. The Morgan fingerprint density at radius 3 is 2.43 bits per heavy atom. The molecule has 0 heterocycles. The molecule has 5 nitrogen and oxygen atoms in total. The molecule has 0 aromatic heterocycles. The molecule has 112 valence electrons. The van der Waals surface area contributed by atoms with Gasteiger partial charge in [-0.1, -0.05) is 0 Å². The van der Waals surface area contributed by atoms with Gasteiger partial charge in [-0.15, -0.1) is 12.3 Å². The standard InChI is InChI=1S/C16H18O5/c1-4-5-6-9-21-16-13(19-2)10-12(7-8-15(17)18)11-14(16)20-3/h1,7-8,10-11H,5-6,9H2,2-3H3,(H,17,18)/b8-7+. The molecule has 0 saturated heterocycles. The highest BCUT2D eigenvalue weighted by atomic mass is 16.5. The predicted octanol–water partition coefficient (Wildman–Crippen LogP) is 2.59. The Kier molecular flexibility index (Phi) is 6.69. The van der Waals surface area contributed by atoms with Crippen LogP contribution in [0.2, 0.25) is 0 Å². The van der Waals surface area contributed by atoms with Crippen LogP contribution in [0.1, 0.15) is 18.4 Å². The second kappa shape index (κ2) is 8.54. The molecule has 0 radical (unpaired) electrons. The Bertz CT molecular complexity index is 529. The minimum Gasteiger partial charge on any atom is -0.493 e. The number of hydrogen-bond donors (Lipinski definition) is 1. The summed E-state index contributed by atoms with van der Waals surface area (Å²) in [5.41, 5.74) is 0.641. The molecule has 1 rings (SSSR count). The van der Waals surface area contributed by atoms with E-state index in [2.05, 4.69) is 5.92 Å². The number of methoxy groups -OCH3 is 2. The fourth-order valence-corrected chi connectivity index (χ4v) is 1.65. The molecule has 0 unspecified atom stereocenters. The van der Waals surface area contributed by atoms with Crippen molar-refractivity contribution in [2.24, 2.45) is 0 Å². The van der Waals surface area contributed by atoms with Gasteiger partial charge in [0, 0.05) is 12.5 Å². The smallest absolute Gasteiger partial charge is 0.328 e. The highest BCUT2D eigenvalue weighted by molar-refractivity contribution is 5.85. The first-order valence-electron chi connectivity index (χ1n) is 6.35. The van der Waals surface area contributed by atoms with Gasteiger partial charge in [0.15, 0.2) is 11.5 Å². The van der Waals surface area contributed by atoms with Crippen LogP contribution in [0, 0.1) is 12.3 Å². The molecule has 0 aliphatic carbocycles. The topological polar surface area (TPSA) is 65.0 Å². The van der Waals surface area contributed by atoms with Crippen LogP contribution in [0.5, 0.6) is 17.2 Å². The summed E-state index contributed by atoms with van der Waals surface area (Å²) in [5, 5.41) is 8.66. The zero-order valence-corrected chi connectivity index (χ0v) is 12.1. The zero-order valence-electron chi connectivity index (χ0n) is 12.1. The number of terminal acetylenes is 1. The summed E-state index contributed by atoms with van der Waals surface area (Å²) in [7, 11) is 3.02. The highest BCUT2D eigenvalue weighted by Crippen LogP contribution is 2.39. The fourth-order valence-electron chi connectivity index (χ4n) is 1.65. The lowest BCUT2D eigenvalue weighted by Gasteiger charge is -2.15. The lowest BCUT2D eigenvalue weighted by atomic mass is 10.1. The largest absolute Gasteiger partial charge is 0.493 e. The summed E-state index contributed by atoms with van der Waals surface area (Å²) >= 11 is 0. The van der Waals surface area contributed by atoms with Gasteiger partial charge in [-0.05, 0) is 30.2 Å². The number of carbonyl (C=O) groups is 1. The molecular weight excluding hydrogens is 272 g/mol. The number of unbranched alkanes of at least 4 members (excludes halogenated alkanes) is 1. The van der Waals surface area contributed by atoms with E-state index >= 15 is 0 Å². The summed E-state index contributed by atoms with van der Waals surface area (Å²) < 4.78 is 16.2. The van der Waals surface area contributed by atoms with Crippen LogP contribution in [0.4, 0.5) is 0 Å². The van der Waals surface area contributed by atoms with Gasteiger partial charge in [-0.25, -0.2) is 4.79 Å². The third kappa shape index (κ3) is 5.11. The SMILES string of the molecule is C#CCCCOc1c(OC)cc(/C=C/C(=O)O)cc1OC. The second-order valence-corrected chi connectivity index (χ2v) is 4.08. The van der Waals surface area contributed by atoms with Gasteiger partial charge in [-0.2, -0.15) is 0 Å². The molecule has 1 N–H and O–H groups in total. The first-order chi connectivity index (χ1) is 10.1. The van der Waals surface area contributed by atoms with Gasteiger partial charge < -0.3 is 19.3 Å². The average Bonchev–Trinajstić information content (AvgIpc) is 2.49. The number of hydrogen-bond acceptors (Lipinski definition) is 4. The van der Waals surface area contributed by atoms with E-state index in [1.807, 2.05) is 0 Å². The summed E-state index contributed by atoms with van der Waals surface area (Å²) in [6.07, 6.45) is 9.04. The van der Waals surface area contributed by atoms with Crippen molar-refractivity contribution in [3.8, 4) is 29.6 Å². The van der Waals surface area contributed by atoms with E-state index < -0.39 is 5.97 Å². The van der Waals surface area contributed by atoms with Crippen molar-refractivity contribution in [1.29, 1.82) is 0 Å². The molecule has 0 amide bonds. The highest BCUT2D eigenvalue weighted by Gasteiger charge is 2.13. The van der Waals surface area contributed by atoms with E-state index in [9.17, 15) is 4.79 Å². The molecule has 1 aromatic rings. The Balaban J connectivity index is 3.01. The summed E-state index contributed by atoms with van der Waals surface area (Å²) in [6, 6.07) is 3.36. The fraction of sp³-hybridized carbons (Fsp3) is 0.312. The number of aliphatic carboxylic acids is 1. The number of benzene rings is 1. The van der Waals surface area contributed by atoms with Crippen molar-refractivity contribution in [2.45, 2.75) is 12.8 Å². The second-order valence-electron chi connectivity index (χ2n) is 4.08. The molecular formula is C16H18O5. The van der Waals surface area contributed by atoms with Crippen molar-refractivity contribution in [3.05, 3.63) is 23.8 Å². The van der Waals surface area contributed by atoms with E-state index in [0.717, 1.165) is 12.5 Å². The Hall–Kier alpha value is -2.61. The minimum absolute atomic E-state index is 0.446. The van der Waals surface area contributed by atoms with Crippen LogP contribution in [0.3, 0.4) is 0 Å². The van der Waals surface area contributed by atoms with Crippen molar-refractivity contribution in [1.82, 2.24) is 0 Å². The average molecular weight is 290 g/mol. The summed E-state index contributed by atoms with van der Waals surface area (Å²) in [6.45, 7) is 0.446. The maximum Gasteiger partial charge on any atom is 0.328 e. The summed E-state index contributed by atoms with van der Waals surface area (Å²) in [4.78, 5) is 10.6. The number of carboxylic acid groups (broad SMARTS) is 1. The van der Waals surface area contributed by atoms with E-state index in [1.165, 1.54) is 20.3 Å². The molecule has 0 saturated carbocycles. The lowest BCUT2D eigenvalue weighted by molar-refractivity contribution is -0.131. The van der Waals surface area contributed by atoms with Gasteiger partial charge in [0.05, 0.1) is 20.8 Å². The molecule has 0 aliphatic rings. The normalized spacial score (nSPS) is 10.1. The quantitative estimate of drug-likeness (QED) is 0.453. The van der Waals surface area contributed by atoms with Gasteiger partial charge in [0.2, 0.25) is 5.75 Å². The van der Waals surface area contributed by atoms with Crippen LogP contribution in [0.25, 0.3) is 6.08 Å². The van der Waals surface area contributed by atoms with Crippen molar-refractivity contribution in [2.75, 3.05) is 20.8 Å². The Morgan fingerprint density at radius 2 is 1.95 bits per heavy atom. The van der Waals surface area contributed by atoms with E-state index in [-0.39, 0.29) is 0 Å².